The van der Waals surface area contributed by atoms with Crippen LogP contribution < -0.4 is 10.1 Å². The second-order valence-electron chi connectivity index (χ2n) is 5.85. The van der Waals surface area contributed by atoms with Crippen molar-refractivity contribution in [3.8, 4) is 5.88 Å². The summed E-state index contributed by atoms with van der Waals surface area (Å²) in [6.07, 6.45) is 2.82. The summed E-state index contributed by atoms with van der Waals surface area (Å²) in [5, 5.41) is 13.9. The monoisotopic (exact) mass is 336 g/mol. The lowest BCUT2D eigenvalue weighted by atomic mass is 10.2. The van der Waals surface area contributed by atoms with Gasteiger partial charge < -0.3 is 10.1 Å². The number of aromatic nitrogens is 2. The fourth-order valence-electron chi connectivity index (χ4n) is 1.77. The highest BCUT2D eigenvalue weighted by Crippen LogP contribution is 2.24. The minimum atomic E-state index is -0.540. The van der Waals surface area contributed by atoms with E-state index in [4.69, 9.17) is 16.3 Å². The summed E-state index contributed by atoms with van der Waals surface area (Å²) in [5.74, 6) is 0.909. The SMILES string of the molecule is CC(C)(C)Oc1cc(CNc2ncc([N+](=O)[O-])cc2Cl)ccn1. The third-order valence-electron chi connectivity index (χ3n) is 2.71. The summed E-state index contributed by atoms with van der Waals surface area (Å²) in [4.78, 5) is 18.2. The quantitative estimate of drug-likeness (QED) is 0.659. The van der Waals surface area contributed by atoms with Crippen molar-refractivity contribution in [3.05, 3.63) is 51.3 Å². The van der Waals surface area contributed by atoms with Gasteiger partial charge in [-0.05, 0) is 32.4 Å². The van der Waals surface area contributed by atoms with E-state index in [2.05, 4.69) is 15.3 Å². The minimum Gasteiger partial charge on any atom is -0.472 e. The number of pyridine rings is 2. The first kappa shape index (κ1) is 17.0. The predicted molar refractivity (Wildman–Crippen MR) is 87.8 cm³/mol. The van der Waals surface area contributed by atoms with Crippen molar-refractivity contribution in [1.82, 2.24) is 9.97 Å². The van der Waals surface area contributed by atoms with Crippen LogP contribution in [-0.2, 0) is 6.54 Å². The normalized spacial score (nSPS) is 11.1. The standard InChI is InChI=1S/C15H17ClN4O3/c1-15(2,3)23-13-6-10(4-5-17-13)8-18-14-12(16)7-11(9-19-14)20(21)22/h4-7,9H,8H2,1-3H3,(H,18,19). The molecule has 0 aliphatic carbocycles. The van der Waals surface area contributed by atoms with Gasteiger partial charge >= 0.3 is 0 Å². The molecule has 0 spiro atoms. The topological polar surface area (TPSA) is 90.2 Å². The van der Waals surface area contributed by atoms with Crippen molar-refractivity contribution < 1.29 is 9.66 Å². The molecule has 0 aliphatic heterocycles. The highest BCUT2D eigenvalue weighted by molar-refractivity contribution is 6.33. The van der Waals surface area contributed by atoms with Gasteiger partial charge in [0.1, 0.15) is 17.6 Å². The molecule has 1 N–H and O–H groups in total. The molecule has 2 aromatic rings. The smallest absolute Gasteiger partial charge is 0.289 e. The van der Waals surface area contributed by atoms with Crippen molar-refractivity contribution in [2.45, 2.75) is 32.9 Å². The van der Waals surface area contributed by atoms with Gasteiger partial charge in [-0.2, -0.15) is 0 Å². The largest absolute Gasteiger partial charge is 0.472 e. The Morgan fingerprint density at radius 1 is 1.35 bits per heavy atom. The van der Waals surface area contributed by atoms with E-state index in [-0.39, 0.29) is 16.3 Å². The minimum absolute atomic E-state index is 0.148. The molecule has 7 nitrogen and oxygen atoms in total. The Labute approximate surface area is 138 Å². The molecule has 0 fully saturated rings. The molecule has 0 amide bonds. The fraction of sp³-hybridized carbons (Fsp3) is 0.333. The zero-order valence-corrected chi connectivity index (χ0v) is 13.8. The van der Waals surface area contributed by atoms with E-state index < -0.39 is 4.92 Å². The third kappa shape index (κ3) is 5.07. The number of ether oxygens (including phenoxy) is 1. The van der Waals surface area contributed by atoms with Gasteiger partial charge in [0.15, 0.2) is 0 Å². The van der Waals surface area contributed by atoms with Crippen LogP contribution in [0.1, 0.15) is 26.3 Å². The van der Waals surface area contributed by atoms with Gasteiger partial charge in [0.05, 0.1) is 9.95 Å². The van der Waals surface area contributed by atoms with Gasteiger partial charge in [-0.3, -0.25) is 10.1 Å². The Kier molecular flexibility index (Phi) is 5.00. The van der Waals surface area contributed by atoms with E-state index in [0.29, 0.717) is 18.2 Å². The fourth-order valence-corrected chi connectivity index (χ4v) is 2.00. The maximum Gasteiger partial charge on any atom is 0.289 e. The zero-order valence-electron chi connectivity index (χ0n) is 13.0. The number of rotatable bonds is 5. The number of nitrogens with zero attached hydrogens (tertiary/aromatic N) is 3. The Balaban J connectivity index is 2.06. The molecular formula is C15H17ClN4O3. The Morgan fingerprint density at radius 3 is 2.70 bits per heavy atom. The number of nitrogens with one attached hydrogen (secondary N) is 1. The second-order valence-corrected chi connectivity index (χ2v) is 6.26. The van der Waals surface area contributed by atoms with E-state index in [1.165, 1.54) is 6.07 Å². The first-order valence-electron chi connectivity index (χ1n) is 6.92. The van der Waals surface area contributed by atoms with Crippen molar-refractivity contribution in [2.75, 3.05) is 5.32 Å². The first-order valence-corrected chi connectivity index (χ1v) is 7.30. The van der Waals surface area contributed by atoms with Crippen LogP contribution in [0.5, 0.6) is 5.88 Å². The number of nitro groups is 1. The van der Waals surface area contributed by atoms with Crippen LogP contribution in [0.2, 0.25) is 5.02 Å². The van der Waals surface area contributed by atoms with Crippen molar-refractivity contribution in [3.63, 3.8) is 0 Å². The van der Waals surface area contributed by atoms with Gasteiger partial charge in [-0.25, -0.2) is 9.97 Å². The van der Waals surface area contributed by atoms with Crippen LogP contribution in [0.3, 0.4) is 0 Å². The van der Waals surface area contributed by atoms with E-state index in [1.807, 2.05) is 32.9 Å². The summed E-state index contributed by atoms with van der Waals surface area (Å²) in [6.45, 7) is 6.27. The van der Waals surface area contributed by atoms with Gasteiger partial charge in [0.2, 0.25) is 5.88 Å². The molecular weight excluding hydrogens is 320 g/mol. The molecule has 0 atom stereocenters. The molecule has 0 aromatic carbocycles. The van der Waals surface area contributed by atoms with Crippen molar-refractivity contribution >= 4 is 23.1 Å². The number of halogens is 1. The number of hydrogen-bond donors (Lipinski definition) is 1. The molecule has 0 radical (unpaired) electrons. The van der Waals surface area contributed by atoms with Crippen molar-refractivity contribution in [1.29, 1.82) is 0 Å². The maximum absolute atomic E-state index is 10.7. The van der Waals surface area contributed by atoms with Crippen LogP contribution in [0, 0.1) is 10.1 Å². The first-order chi connectivity index (χ1) is 10.7. The highest BCUT2D eigenvalue weighted by atomic mass is 35.5. The molecule has 2 rings (SSSR count). The lowest BCUT2D eigenvalue weighted by Crippen LogP contribution is -2.23. The molecule has 0 unspecified atom stereocenters. The van der Waals surface area contributed by atoms with Crippen LogP contribution in [0.15, 0.2) is 30.6 Å². The molecule has 0 saturated heterocycles. The lowest BCUT2D eigenvalue weighted by molar-refractivity contribution is -0.385. The summed E-state index contributed by atoms with van der Waals surface area (Å²) in [5.41, 5.74) is 0.447. The van der Waals surface area contributed by atoms with Crippen LogP contribution in [0.4, 0.5) is 11.5 Å². The van der Waals surface area contributed by atoms with E-state index in [9.17, 15) is 10.1 Å². The van der Waals surface area contributed by atoms with Gasteiger partial charge in [0, 0.05) is 24.9 Å². The second kappa shape index (κ2) is 6.78. The highest BCUT2D eigenvalue weighted by Gasteiger charge is 2.13. The molecule has 0 saturated carbocycles. The van der Waals surface area contributed by atoms with Gasteiger partial charge in [0.25, 0.3) is 5.69 Å². The van der Waals surface area contributed by atoms with Crippen LogP contribution in [-0.4, -0.2) is 20.5 Å². The molecule has 0 aliphatic rings. The molecule has 122 valence electrons. The Hall–Kier alpha value is -2.41. The Morgan fingerprint density at radius 2 is 2.09 bits per heavy atom. The van der Waals surface area contributed by atoms with Gasteiger partial charge in [-0.1, -0.05) is 11.6 Å². The van der Waals surface area contributed by atoms with Gasteiger partial charge in [-0.15, -0.1) is 0 Å². The summed E-state index contributed by atoms with van der Waals surface area (Å²) in [6, 6.07) is 4.91. The average molecular weight is 337 g/mol. The van der Waals surface area contributed by atoms with E-state index in [1.54, 1.807) is 6.20 Å². The van der Waals surface area contributed by atoms with Crippen LogP contribution >= 0.6 is 11.6 Å². The third-order valence-corrected chi connectivity index (χ3v) is 3.00. The maximum atomic E-state index is 10.7. The van der Waals surface area contributed by atoms with E-state index in [0.717, 1.165) is 11.8 Å². The van der Waals surface area contributed by atoms with E-state index >= 15 is 0 Å². The van der Waals surface area contributed by atoms with Crippen molar-refractivity contribution in [2.24, 2.45) is 0 Å². The molecule has 2 aromatic heterocycles. The summed E-state index contributed by atoms with van der Waals surface area (Å²) < 4.78 is 5.70. The summed E-state index contributed by atoms with van der Waals surface area (Å²) >= 11 is 5.99. The predicted octanol–water partition coefficient (Wildman–Crippen LogP) is 3.83. The average Bonchev–Trinajstić information content (AvgIpc) is 2.44. The number of hydrogen-bond acceptors (Lipinski definition) is 6. The zero-order chi connectivity index (χ0) is 17.0. The molecule has 0 bridgehead atoms. The number of anilines is 1. The summed E-state index contributed by atoms with van der Waals surface area (Å²) in [7, 11) is 0. The molecule has 8 heteroatoms. The lowest BCUT2D eigenvalue weighted by Gasteiger charge is -2.20. The molecule has 23 heavy (non-hydrogen) atoms. The van der Waals surface area contributed by atoms with Crippen LogP contribution in [0.25, 0.3) is 0 Å². The Bertz CT molecular complexity index is 716. The molecule has 2 heterocycles.